The zero-order valence-corrected chi connectivity index (χ0v) is 58.0. The van der Waals surface area contributed by atoms with Crippen molar-refractivity contribution in [2.75, 3.05) is 0 Å². The van der Waals surface area contributed by atoms with Crippen molar-refractivity contribution in [2.45, 2.75) is 208 Å². The van der Waals surface area contributed by atoms with E-state index in [0.717, 1.165) is 43.0 Å². The van der Waals surface area contributed by atoms with Crippen molar-refractivity contribution < 1.29 is 28.6 Å². The number of nitrogens with one attached hydrogen (secondary N) is 3. The molecular formula is C74H102Br2ClN5O6. The SMILES string of the molecule is CC(C)(C)OC(=O)NCc1ccc(/C=C\C2CCCCC2)cc1.CC(C)(C)OC(=O)NCc1ccc(Br)cc1.CC(C)(C)OC(=O)NCc1ccc(C#CC2CCCCC2)cc1.Cl.NCc1ccc(/C=C\C2CCCCC2)cc1.NCc1ccc(Br)cc1. The van der Waals surface area contributed by atoms with Crippen molar-refractivity contribution in [3.63, 3.8) is 0 Å². The van der Waals surface area contributed by atoms with Gasteiger partial charge >= 0.3 is 18.3 Å². The molecule has 0 heterocycles. The normalized spacial score (nSPS) is 14.6. The minimum absolute atomic E-state index is 0. The van der Waals surface area contributed by atoms with Crippen LogP contribution in [0.4, 0.5) is 14.4 Å². The number of alkyl carbamates (subject to hydrolysis) is 3. The van der Waals surface area contributed by atoms with Gasteiger partial charge in [-0.3, -0.25) is 0 Å². The lowest BCUT2D eigenvalue weighted by Crippen LogP contribution is -2.32. The lowest BCUT2D eigenvalue weighted by atomic mass is 9.89. The van der Waals surface area contributed by atoms with Gasteiger partial charge in [0.25, 0.3) is 0 Å². The number of halogens is 3. The summed E-state index contributed by atoms with van der Waals surface area (Å²) in [6, 6.07) is 40.6. The molecule has 0 saturated heterocycles. The lowest BCUT2D eigenvalue weighted by Gasteiger charge is -2.19. The number of amides is 3. The van der Waals surface area contributed by atoms with Gasteiger partial charge in [-0.25, -0.2) is 14.4 Å². The standard InChI is InChI=1S/C20H29NO2.C20H27NO2.C15H21N.C12H16BrNO2.C7H8BrN.ClH/c2*1-20(2,3)23-19(22)21-15-18-13-11-17(12-14-18)10-9-16-7-5-4-6-8-16;16-12-15-10-8-14(9-11-15)7-6-13-4-2-1-3-5-13;1-12(2,3)16-11(15)14-8-9-4-6-10(13)7-5-9;8-7-3-1-6(5-9)2-4-7;/h9-14,16H,4-8,15H2,1-3H3,(H,21,22);11-14,16H,4-8,15H2,1-3H3,(H,21,22);6-11,13H,1-5,12,16H2;4-7H,8H2,1-3H3,(H,14,15);1-4H,5,9H2;1H/b10-9-;;7-6-;;;. The molecule has 11 nitrogen and oxygen atoms in total. The first-order valence-corrected chi connectivity index (χ1v) is 33.0. The van der Waals surface area contributed by atoms with Crippen LogP contribution in [-0.2, 0) is 46.9 Å². The second kappa shape index (κ2) is 41.4. The highest BCUT2D eigenvalue weighted by atomic mass is 79.9. The highest BCUT2D eigenvalue weighted by Crippen LogP contribution is 2.27. The minimum atomic E-state index is -0.470. The Labute approximate surface area is 551 Å². The van der Waals surface area contributed by atoms with Gasteiger partial charge in [0, 0.05) is 53.2 Å². The third-order valence-corrected chi connectivity index (χ3v) is 15.2. The molecule has 480 valence electrons. The van der Waals surface area contributed by atoms with Gasteiger partial charge in [0.1, 0.15) is 16.8 Å². The van der Waals surface area contributed by atoms with Gasteiger partial charge in [0.05, 0.1) is 0 Å². The summed E-state index contributed by atoms with van der Waals surface area (Å²) in [6.45, 7) is 19.3. The fourth-order valence-corrected chi connectivity index (χ4v) is 10.0. The Bertz CT molecular complexity index is 2870. The molecule has 3 amide bonds. The predicted molar refractivity (Wildman–Crippen MR) is 375 cm³/mol. The summed E-state index contributed by atoms with van der Waals surface area (Å²) in [4.78, 5) is 34.6. The number of hydrogen-bond acceptors (Lipinski definition) is 8. The van der Waals surface area contributed by atoms with Crippen molar-refractivity contribution in [2.24, 2.45) is 29.2 Å². The van der Waals surface area contributed by atoms with Crippen molar-refractivity contribution >= 4 is 74.7 Å². The van der Waals surface area contributed by atoms with Crippen LogP contribution in [0.1, 0.15) is 203 Å². The summed E-state index contributed by atoms with van der Waals surface area (Å²) in [5.74, 6) is 8.79. The monoisotopic (exact) mass is 1350 g/mol. The summed E-state index contributed by atoms with van der Waals surface area (Å²) >= 11 is 6.69. The number of hydrogen-bond donors (Lipinski definition) is 5. The van der Waals surface area contributed by atoms with Gasteiger partial charge in [-0.2, -0.15) is 0 Å². The number of ether oxygens (including phenoxy) is 3. The lowest BCUT2D eigenvalue weighted by molar-refractivity contribution is 0.0512. The van der Waals surface area contributed by atoms with Crippen LogP contribution in [0.2, 0.25) is 0 Å². The molecule has 8 rings (SSSR count). The first-order valence-electron chi connectivity index (χ1n) is 31.4. The van der Waals surface area contributed by atoms with Crippen LogP contribution in [0.5, 0.6) is 0 Å². The van der Waals surface area contributed by atoms with E-state index in [1.807, 2.05) is 135 Å². The van der Waals surface area contributed by atoms with Crippen LogP contribution >= 0.6 is 44.3 Å². The van der Waals surface area contributed by atoms with Crippen LogP contribution in [0.15, 0.2) is 142 Å². The topological polar surface area (TPSA) is 167 Å². The van der Waals surface area contributed by atoms with Crippen molar-refractivity contribution in [1.29, 1.82) is 0 Å². The van der Waals surface area contributed by atoms with Crippen molar-refractivity contribution in [1.82, 2.24) is 16.0 Å². The molecule has 7 N–H and O–H groups in total. The zero-order valence-electron chi connectivity index (χ0n) is 54.0. The molecule has 5 aromatic carbocycles. The third-order valence-electron chi connectivity index (χ3n) is 14.2. The van der Waals surface area contributed by atoms with Crippen LogP contribution in [0, 0.1) is 29.6 Å². The van der Waals surface area contributed by atoms with Crippen molar-refractivity contribution in [3.05, 3.63) is 187 Å². The Morgan fingerprint density at radius 3 is 1.05 bits per heavy atom. The molecule has 3 fully saturated rings. The molecule has 3 saturated carbocycles. The number of benzene rings is 5. The largest absolute Gasteiger partial charge is 0.444 e. The van der Waals surface area contributed by atoms with E-state index in [-0.39, 0.29) is 18.5 Å². The molecule has 0 radical (unpaired) electrons. The Morgan fingerprint density at radius 1 is 0.443 bits per heavy atom. The molecule has 0 unspecified atom stereocenters. The van der Waals surface area contributed by atoms with E-state index in [2.05, 4.69) is 132 Å². The summed E-state index contributed by atoms with van der Waals surface area (Å²) in [7, 11) is 0. The Balaban J connectivity index is 0.000000295. The van der Waals surface area contributed by atoms with Gasteiger partial charge in [-0.15, -0.1) is 12.4 Å². The Hall–Kier alpha value is -5.88. The number of rotatable bonds is 12. The van der Waals surface area contributed by atoms with E-state index in [4.69, 9.17) is 25.7 Å². The van der Waals surface area contributed by atoms with E-state index in [0.29, 0.717) is 38.6 Å². The first-order chi connectivity index (χ1) is 41.4. The highest BCUT2D eigenvalue weighted by Gasteiger charge is 2.18. The average molecular weight is 1350 g/mol. The molecule has 0 bridgehead atoms. The molecule has 0 spiro atoms. The highest BCUT2D eigenvalue weighted by molar-refractivity contribution is 9.10. The van der Waals surface area contributed by atoms with Crippen LogP contribution in [-0.4, -0.2) is 35.1 Å². The average Bonchev–Trinajstić information content (AvgIpc) is 3.56. The molecule has 14 heteroatoms. The van der Waals surface area contributed by atoms with Crippen molar-refractivity contribution in [3.8, 4) is 11.8 Å². The first kappa shape index (κ1) is 76.4. The van der Waals surface area contributed by atoms with Crippen LogP contribution < -0.4 is 27.4 Å². The third kappa shape index (κ3) is 36.6. The smallest absolute Gasteiger partial charge is 0.407 e. The number of carbonyl (C=O) groups excluding carboxylic acids is 3. The fraction of sp³-hybridized carbons (Fsp3) is 0.473. The molecule has 3 aliphatic carbocycles. The van der Waals surface area contributed by atoms with Gasteiger partial charge in [-0.1, -0.05) is 211 Å². The van der Waals surface area contributed by atoms with Crippen LogP contribution in [0.3, 0.4) is 0 Å². The maximum Gasteiger partial charge on any atom is 0.407 e. The second-order valence-electron chi connectivity index (χ2n) is 25.5. The zero-order chi connectivity index (χ0) is 63.5. The molecule has 0 aromatic heterocycles. The number of nitrogens with two attached hydrogens (primary N) is 2. The van der Waals surface area contributed by atoms with Gasteiger partial charge in [-0.05, 0) is 188 Å². The van der Waals surface area contributed by atoms with E-state index in [9.17, 15) is 14.4 Å². The molecule has 3 aliphatic rings. The molecule has 0 aliphatic heterocycles. The molecule has 88 heavy (non-hydrogen) atoms. The quantitative estimate of drug-likeness (QED) is 0.0608. The predicted octanol–water partition coefficient (Wildman–Crippen LogP) is 19.5. The Morgan fingerprint density at radius 2 is 0.727 bits per heavy atom. The molecule has 5 aromatic rings. The minimum Gasteiger partial charge on any atom is -0.444 e. The summed E-state index contributed by atoms with van der Waals surface area (Å²) in [5.41, 5.74) is 18.6. The van der Waals surface area contributed by atoms with E-state index in [1.54, 1.807) is 0 Å². The maximum absolute atomic E-state index is 11.6. The fourth-order valence-electron chi connectivity index (χ4n) is 9.49. The number of allylic oxidation sites excluding steroid dienone is 2. The summed E-state index contributed by atoms with van der Waals surface area (Å²) < 4.78 is 17.7. The number of carbonyl (C=O) groups is 3. The molecule has 0 atom stereocenters. The summed E-state index contributed by atoms with van der Waals surface area (Å²) in [6.07, 6.45) is 28.3. The maximum atomic E-state index is 11.6. The van der Waals surface area contributed by atoms with Crippen LogP contribution in [0.25, 0.3) is 12.2 Å². The van der Waals surface area contributed by atoms with E-state index < -0.39 is 29.0 Å². The van der Waals surface area contributed by atoms with Gasteiger partial charge < -0.3 is 41.6 Å². The molecular weight excluding hydrogens is 1250 g/mol. The van der Waals surface area contributed by atoms with E-state index >= 15 is 0 Å². The van der Waals surface area contributed by atoms with Gasteiger partial charge in [0.2, 0.25) is 0 Å². The summed E-state index contributed by atoms with van der Waals surface area (Å²) in [5, 5.41) is 8.24. The van der Waals surface area contributed by atoms with Gasteiger partial charge in [0.15, 0.2) is 0 Å². The Kier molecular flexibility index (Phi) is 35.9. The second-order valence-corrected chi connectivity index (χ2v) is 27.4. The van der Waals surface area contributed by atoms with E-state index in [1.165, 1.54) is 119 Å².